The van der Waals surface area contributed by atoms with Gasteiger partial charge in [0.05, 0.1) is 25.3 Å². The van der Waals surface area contributed by atoms with E-state index >= 15 is 0 Å². The third-order valence-corrected chi connectivity index (χ3v) is 5.11. The molecule has 3 rings (SSSR count). The van der Waals surface area contributed by atoms with Crippen molar-refractivity contribution < 1.29 is 9.90 Å². The molecule has 3 aromatic rings. The molecule has 0 atom stereocenters. The molecule has 7 nitrogen and oxygen atoms in total. The number of pyridine rings is 1. The largest absolute Gasteiger partial charge is 0.478 e. The minimum Gasteiger partial charge on any atom is -0.478 e. The van der Waals surface area contributed by atoms with Gasteiger partial charge in [0.15, 0.2) is 5.65 Å². The van der Waals surface area contributed by atoms with E-state index in [4.69, 9.17) is 0 Å². The maximum Gasteiger partial charge on any atom is 0.336 e. The van der Waals surface area contributed by atoms with Crippen LogP contribution < -0.4 is 11.2 Å². The lowest BCUT2D eigenvalue weighted by atomic mass is 10.1. The average Bonchev–Trinajstić information content (AvgIpc) is 2.96. The zero-order valence-corrected chi connectivity index (χ0v) is 14.4. The van der Waals surface area contributed by atoms with Gasteiger partial charge in [-0.3, -0.25) is 13.9 Å². The molecule has 23 heavy (non-hydrogen) atoms. The van der Waals surface area contributed by atoms with E-state index in [-0.39, 0.29) is 16.6 Å². The lowest BCUT2D eigenvalue weighted by Crippen LogP contribution is -2.38. The molecule has 0 spiro atoms. The number of aryl methyl sites for hydroxylation is 1. The maximum absolute atomic E-state index is 12.3. The van der Waals surface area contributed by atoms with Crippen LogP contribution in [0.3, 0.4) is 0 Å². The molecule has 118 valence electrons. The predicted molar refractivity (Wildman–Crippen MR) is 90.2 cm³/mol. The average molecular weight is 396 g/mol. The van der Waals surface area contributed by atoms with E-state index in [1.165, 1.54) is 36.1 Å². The number of carboxylic acid groups (broad SMARTS) is 1. The van der Waals surface area contributed by atoms with E-state index in [1.54, 1.807) is 6.07 Å². The minimum atomic E-state index is -1.25. The highest BCUT2D eigenvalue weighted by molar-refractivity contribution is 9.11. The number of nitrogens with zero attached hydrogens (tertiary/aromatic N) is 3. The van der Waals surface area contributed by atoms with Gasteiger partial charge in [-0.2, -0.15) is 0 Å². The zero-order valence-electron chi connectivity index (χ0n) is 12.0. The minimum absolute atomic E-state index is 0.0533. The van der Waals surface area contributed by atoms with E-state index in [0.717, 1.165) is 13.2 Å². The predicted octanol–water partition coefficient (Wildman–Crippen LogP) is 1.82. The van der Waals surface area contributed by atoms with Crippen LogP contribution in [0.1, 0.15) is 10.4 Å². The number of carboxylic acids is 1. The topological polar surface area (TPSA) is 94.2 Å². The molecule has 0 aliphatic rings. The number of hydrogen-bond acceptors (Lipinski definition) is 5. The first-order valence-electron chi connectivity index (χ1n) is 6.41. The van der Waals surface area contributed by atoms with Crippen molar-refractivity contribution in [3.05, 3.63) is 48.4 Å². The van der Waals surface area contributed by atoms with Gasteiger partial charge >= 0.3 is 11.7 Å². The fourth-order valence-electron chi connectivity index (χ4n) is 2.30. The molecule has 0 aromatic carbocycles. The summed E-state index contributed by atoms with van der Waals surface area (Å²) in [5.41, 5.74) is -0.958. The van der Waals surface area contributed by atoms with Crippen molar-refractivity contribution in [3.63, 3.8) is 0 Å². The Bertz CT molecular complexity index is 1080. The molecule has 1 N–H and O–H groups in total. The number of fused-ring (bicyclic) bond motifs is 1. The fourth-order valence-corrected chi connectivity index (χ4v) is 3.65. The summed E-state index contributed by atoms with van der Waals surface area (Å²) in [5, 5.41) is 9.38. The molecule has 0 saturated heterocycles. The number of carbonyl (C=O) groups is 1. The Labute approximate surface area is 141 Å². The van der Waals surface area contributed by atoms with Crippen molar-refractivity contribution in [2.75, 3.05) is 0 Å². The van der Waals surface area contributed by atoms with Crippen LogP contribution in [0.5, 0.6) is 0 Å². The summed E-state index contributed by atoms with van der Waals surface area (Å²) in [5.74, 6) is -1.25. The van der Waals surface area contributed by atoms with Gasteiger partial charge in [-0.05, 0) is 34.1 Å². The molecule has 3 heterocycles. The van der Waals surface area contributed by atoms with Crippen LogP contribution in [0.2, 0.25) is 0 Å². The first kappa shape index (κ1) is 15.6. The monoisotopic (exact) mass is 395 g/mol. The number of thiophene rings is 1. The third-order valence-electron chi connectivity index (χ3n) is 3.47. The maximum atomic E-state index is 12.3. The number of hydrogen-bond donors (Lipinski definition) is 1. The van der Waals surface area contributed by atoms with E-state index in [0.29, 0.717) is 5.69 Å². The molecule has 0 aliphatic carbocycles. The Hall–Kier alpha value is -2.26. The quantitative estimate of drug-likeness (QED) is 0.713. The summed E-state index contributed by atoms with van der Waals surface area (Å²) in [7, 11) is 2.76. The van der Waals surface area contributed by atoms with Crippen molar-refractivity contribution >= 4 is 44.3 Å². The molecule has 0 bridgehead atoms. The zero-order chi connectivity index (χ0) is 16.9. The van der Waals surface area contributed by atoms with Gasteiger partial charge in [0.2, 0.25) is 0 Å². The van der Waals surface area contributed by atoms with Crippen molar-refractivity contribution in [2.24, 2.45) is 14.1 Å². The number of rotatable bonds is 2. The molecule has 0 radical (unpaired) electrons. The van der Waals surface area contributed by atoms with Crippen molar-refractivity contribution in [1.29, 1.82) is 0 Å². The number of aromatic nitrogens is 3. The number of halogens is 1. The lowest BCUT2D eigenvalue weighted by Gasteiger charge is -2.10. The molecule has 0 saturated carbocycles. The Balaban J connectivity index is 2.52. The van der Waals surface area contributed by atoms with E-state index < -0.39 is 17.2 Å². The SMILES string of the molecule is Cn1c(=O)c2c(C(=O)O)cc(-c3ccc(Br)s3)nc2n(C)c1=O. The summed E-state index contributed by atoms with van der Waals surface area (Å²) in [6.07, 6.45) is 0. The van der Waals surface area contributed by atoms with Gasteiger partial charge < -0.3 is 5.11 Å². The second kappa shape index (κ2) is 5.43. The molecule has 0 amide bonds. The third kappa shape index (κ3) is 2.41. The summed E-state index contributed by atoms with van der Waals surface area (Å²) >= 11 is 4.72. The normalized spacial score (nSPS) is 11.1. The van der Waals surface area contributed by atoms with E-state index in [2.05, 4.69) is 20.9 Å². The Kier molecular flexibility index (Phi) is 3.69. The second-order valence-electron chi connectivity index (χ2n) is 4.87. The first-order valence-corrected chi connectivity index (χ1v) is 8.02. The van der Waals surface area contributed by atoms with Crippen LogP contribution in [0, 0.1) is 0 Å². The molecule has 0 aliphatic heterocycles. The van der Waals surface area contributed by atoms with Gasteiger partial charge in [-0.1, -0.05) is 0 Å². The van der Waals surface area contributed by atoms with E-state index in [9.17, 15) is 19.5 Å². The Morgan fingerprint density at radius 3 is 2.52 bits per heavy atom. The van der Waals surface area contributed by atoms with Gasteiger partial charge in [0.1, 0.15) is 0 Å². The molecular formula is C14H10BrN3O4S. The van der Waals surface area contributed by atoms with Crippen LogP contribution in [-0.2, 0) is 14.1 Å². The molecule has 0 unspecified atom stereocenters. The van der Waals surface area contributed by atoms with Crippen LogP contribution in [0.25, 0.3) is 21.6 Å². The number of aromatic carboxylic acids is 1. The highest BCUT2D eigenvalue weighted by Crippen LogP contribution is 2.31. The van der Waals surface area contributed by atoms with Crippen molar-refractivity contribution in [1.82, 2.24) is 14.1 Å². The second-order valence-corrected chi connectivity index (χ2v) is 7.33. The standard InChI is InChI=1S/C14H10BrN3O4S/c1-17-11-10(12(19)18(2)14(17)22)6(13(20)21)5-7(16-11)8-3-4-9(15)23-8/h3-5H,1-2H3,(H,20,21). The summed E-state index contributed by atoms with van der Waals surface area (Å²) in [6, 6.07) is 4.96. The lowest BCUT2D eigenvalue weighted by molar-refractivity contribution is 0.0699. The smallest absolute Gasteiger partial charge is 0.336 e. The molecular weight excluding hydrogens is 386 g/mol. The summed E-state index contributed by atoms with van der Waals surface area (Å²) in [6.45, 7) is 0. The van der Waals surface area contributed by atoms with Crippen LogP contribution >= 0.6 is 27.3 Å². The van der Waals surface area contributed by atoms with Crippen molar-refractivity contribution in [2.45, 2.75) is 0 Å². The summed E-state index contributed by atoms with van der Waals surface area (Å²) < 4.78 is 2.91. The van der Waals surface area contributed by atoms with Gasteiger partial charge in [0, 0.05) is 14.1 Å². The van der Waals surface area contributed by atoms with Crippen molar-refractivity contribution in [3.8, 4) is 10.6 Å². The Morgan fingerprint density at radius 2 is 1.96 bits per heavy atom. The van der Waals surface area contributed by atoms with Crippen LogP contribution in [0.15, 0.2) is 31.6 Å². The molecule has 3 aromatic heterocycles. The van der Waals surface area contributed by atoms with Crippen LogP contribution in [0.4, 0.5) is 0 Å². The summed E-state index contributed by atoms with van der Waals surface area (Å²) in [4.78, 5) is 41.1. The highest BCUT2D eigenvalue weighted by atomic mass is 79.9. The van der Waals surface area contributed by atoms with Gasteiger partial charge in [-0.15, -0.1) is 11.3 Å². The van der Waals surface area contributed by atoms with Gasteiger partial charge in [0.25, 0.3) is 5.56 Å². The first-order chi connectivity index (χ1) is 10.8. The van der Waals surface area contributed by atoms with Crippen LogP contribution in [-0.4, -0.2) is 25.2 Å². The molecule has 9 heteroatoms. The fraction of sp³-hybridized carbons (Fsp3) is 0.143. The Morgan fingerprint density at radius 1 is 1.26 bits per heavy atom. The van der Waals surface area contributed by atoms with E-state index in [1.807, 2.05) is 6.07 Å². The van der Waals surface area contributed by atoms with Gasteiger partial charge in [-0.25, -0.2) is 14.6 Å². The highest BCUT2D eigenvalue weighted by Gasteiger charge is 2.20. The molecule has 0 fully saturated rings.